The molecule has 0 aliphatic carbocycles. The Morgan fingerprint density at radius 1 is 1.04 bits per heavy atom. The van der Waals surface area contributed by atoms with Gasteiger partial charge in [-0.05, 0) is 12.1 Å². The molecule has 3 aromatic heterocycles. The topological polar surface area (TPSA) is 60.5 Å². The Bertz CT molecular complexity index is 1060. The van der Waals surface area contributed by atoms with Crippen molar-refractivity contribution in [2.75, 3.05) is 18.0 Å². The van der Waals surface area contributed by atoms with Crippen LogP contribution in [0.5, 0.6) is 5.88 Å². The van der Waals surface area contributed by atoms with E-state index in [1.807, 2.05) is 24.4 Å². The van der Waals surface area contributed by atoms with Gasteiger partial charge in [-0.25, -0.2) is 9.50 Å². The molecular weight excluding hydrogens is 328 g/mol. The van der Waals surface area contributed by atoms with Crippen LogP contribution in [0.25, 0.3) is 16.7 Å². The van der Waals surface area contributed by atoms with Gasteiger partial charge in [0.05, 0.1) is 17.2 Å². The van der Waals surface area contributed by atoms with Crippen LogP contribution in [0.3, 0.4) is 0 Å². The normalized spacial score (nSPS) is 15.8. The highest BCUT2D eigenvalue weighted by molar-refractivity contribution is 5.78. The molecule has 4 aromatic rings. The highest BCUT2D eigenvalue weighted by Crippen LogP contribution is 2.25. The number of rotatable bonds is 3. The lowest BCUT2D eigenvalue weighted by molar-refractivity contribution is 0.163. The second kappa shape index (κ2) is 6.01. The van der Waals surface area contributed by atoms with Gasteiger partial charge in [0.15, 0.2) is 5.65 Å². The van der Waals surface area contributed by atoms with Gasteiger partial charge in [0.25, 0.3) is 0 Å². The first-order valence-corrected chi connectivity index (χ1v) is 8.91. The van der Waals surface area contributed by atoms with Crippen LogP contribution in [-0.4, -0.2) is 43.3 Å². The number of anilines is 1. The average molecular weight is 348 g/mol. The van der Waals surface area contributed by atoms with Gasteiger partial charge in [0.2, 0.25) is 11.8 Å². The fourth-order valence-corrected chi connectivity index (χ4v) is 3.62. The molecule has 7 heteroatoms. The Hall–Kier alpha value is -3.09. The molecule has 0 bridgehead atoms. The molecule has 1 fully saturated rings. The first-order valence-electron chi connectivity index (χ1n) is 8.91. The zero-order valence-corrected chi connectivity index (χ0v) is 14.6. The first kappa shape index (κ1) is 15.2. The number of hydrogen-bond acceptors (Lipinski definition) is 5. The maximum Gasteiger partial charge on any atom is 0.217 e. The van der Waals surface area contributed by atoms with Gasteiger partial charge >= 0.3 is 0 Å². The molecule has 4 heterocycles. The molecule has 0 atom stereocenters. The number of ether oxygens (including phenoxy) is 1. The number of hydrogen-bond donors (Lipinski definition) is 0. The minimum Gasteiger partial charge on any atom is -0.474 e. The van der Waals surface area contributed by atoms with Crippen molar-refractivity contribution in [2.45, 2.75) is 18.9 Å². The Kier molecular flexibility index (Phi) is 3.51. The summed E-state index contributed by atoms with van der Waals surface area (Å²) in [5.74, 6) is 1.70. The summed E-state index contributed by atoms with van der Waals surface area (Å²) in [6, 6.07) is 12.0. The molecule has 0 unspecified atom stereocenters. The average Bonchev–Trinajstić information content (AvgIpc) is 3.27. The molecule has 1 aromatic carbocycles. The van der Waals surface area contributed by atoms with Crippen LogP contribution in [0.1, 0.15) is 12.8 Å². The van der Waals surface area contributed by atoms with Crippen molar-refractivity contribution < 1.29 is 4.74 Å². The van der Waals surface area contributed by atoms with Crippen LogP contribution in [0, 0.1) is 0 Å². The van der Waals surface area contributed by atoms with E-state index in [1.165, 1.54) is 5.52 Å². The molecule has 0 radical (unpaired) electrons. The molecule has 1 aliphatic heterocycles. The molecule has 1 saturated heterocycles. The molecule has 0 spiro atoms. The number of imidazole rings is 1. The Balaban J connectivity index is 1.28. The van der Waals surface area contributed by atoms with Gasteiger partial charge in [-0.3, -0.25) is 0 Å². The summed E-state index contributed by atoms with van der Waals surface area (Å²) in [7, 11) is 2.08. The summed E-state index contributed by atoms with van der Waals surface area (Å²) < 4.78 is 10.0. The Morgan fingerprint density at radius 3 is 2.73 bits per heavy atom. The van der Waals surface area contributed by atoms with Crippen molar-refractivity contribution in [3.05, 3.63) is 48.8 Å². The van der Waals surface area contributed by atoms with Crippen LogP contribution in [0.15, 0.2) is 48.8 Å². The van der Waals surface area contributed by atoms with E-state index in [0.29, 0.717) is 5.88 Å². The summed E-state index contributed by atoms with van der Waals surface area (Å²) in [6.07, 6.45) is 5.71. The smallest absolute Gasteiger partial charge is 0.217 e. The van der Waals surface area contributed by atoms with Gasteiger partial charge in [-0.2, -0.15) is 10.1 Å². The quantitative estimate of drug-likeness (QED) is 0.570. The van der Waals surface area contributed by atoms with Crippen molar-refractivity contribution in [2.24, 2.45) is 7.05 Å². The lowest BCUT2D eigenvalue weighted by atomic mass is 10.1. The molecule has 132 valence electrons. The Labute approximate surface area is 150 Å². The van der Waals surface area contributed by atoms with Crippen LogP contribution in [0.4, 0.5) is 5.95 Å². The van der Waals surface area contributed by atoms with E-state index >= 15 is 0 Å². The number of para-hydroxylation sites is 2. The van der Waals surface area contributed by atoms with Crippen molar-refractivity contribution in [3.63, 3.8) is 0 Å². The number of benzene rings is 1. The molecule has 0 amide bonds. The van der Waals surface area contributed by atoms with E-state index in [0.717, 1.165) is 43.0 Å². The highest BCUT2D eigenvalue weighted by Gasteiger charge is 2.24. The Morgan fingerprint density at radius 2 is 1.88 bits per heavy atom. The molecule has 7 nitrogen and oxygen atoms in total. The predicted octanol–water partition coefficient (Wildman–Crippen LogP) is 2.66. The highest BCUT2D eigenvalue weighted by atomic mass is 16.5. The van der Waals surface area contributed by atoms with Gasteiger partial charge < -0.3 is 14.2 Å². The van der Waals surface area contributed by atoms with Crippen molar-refractivity contribution in [1.82, 2.24) is 24.1 Å². The van der Waals surface area contributed by atoms with Gasteiger partial charge in [-0.15, -0.1) is 0 Å². The second-order valence-corrected chi connectivity index (χ2v) is 6.66. The lowest BCUT2D eigenvalue weighted by Crippen LogP contribution is -2.39. The number of aromatic nitrogens is 5. The number of fused-ring (bicyclic) bond motifs is 2. The zero-order chi connectivity index (χ0) is 17.5. The minimum atomic E-state index is 0.179. The summed E-state index contributed by atoms with van der Waals surface area (Å²) >= 11 is 0. The predicted molar refractivity (Wildman–Crippen MR) is 99.6 cm³/mol. The maximum atomic E-state index is 6.10. The summed E-state index contributed by atoms with van der Waals surface area (Å²) in [5, 5.41) is 4.16. The fraction of sp³-hybridized carbons (Fsp3) is 0.316. The van der Waals surface area contributed by atoms with Crippen molar-refractivity contribution in [1.29, 1.82) is 0 Å². The van der Waals surface area contributed by atoms with Crippen LogP contribution >= 0.6 is 0 Å². The van der Waals surface area contributed by atoms with E-state index in [4.69, 9.17) is 9.72 Å². The van der Waals surface area contributed by atoms with Gasteiger partial charge in [0, 0.05) is 51.3 Å². The van der Waals surface area contributed by atoms with E-state index in [-0.39, 0.29) is 6.10 Å². The monoisotopic (exact) mass is 348 g/mol. The molecule has 1 aliphatic rings. The van der Waals surface area contributed by atoms with Crippen LogP contribution in [-0.2, 0) is 7.05 Å². The largest absolute Gasteiger partial charge is 0.474 e. The minimum absolute atomic E-state index is 0.179. The van der Waals surface area contributed by atoms with Gasteiger partial charge in [-0.1, -0.05) is 12.1 Å². The van der Waals surface area contributed by atoms with Gasteiger partial charge in [0.1, 0.15) is 6.10 Å². The maximum absolute atomic E-state index is 6.10. The number of aryl methyl sites for hydroxylation is 1. The van der Waals surface area contributed by atoms with Crippen molar-refractivity contribution >= 4 is 22.6 Å². The third-order valence-corrected chi connectivity index (χ3v) is 5.01. The molecule has 5 rings (SSSR count). The lowest BCUT2D eigenvalue weighted by Gasteiger charge is -2.32. The van der Waals surface area contributed by atoms with E-state index < -0.39 is 0 Å². The molecule has 26 heavy (non-hydrogen) atoms. The number of nitrogens with zero attached hydrogens (tertiary/aromatic N) is 6. The van der Waals surface area contributed by atoms with Crippen molar-refractivity contribution in [3.8, 4) is 5.88 Å². The molecule has 0 N–H and O–H groups in total. The SMILES string of the molecule is Cn1c(N2CCC(Oc3ccn4nccc4n3)CC2)nc2ccccc21. The first-order chi connectivity index (χ1) is 12.8. The summed E-state index contributed by atoms with van der Waals surface area (Å²) in [5.41, 5.74) is 3.01. The third-order valence-electron chi connectivity index (χ3n) is 5.01. The molecule has 0 saturated carbocycles. The summed E-state index contributed by atoms with van der Waals surface area (Å²) in [6.45, 7) is 1.85. The molecular formula is C19H20N6O. The van der Waals surface area contributed by atoms with Crippen LogP contribution < -0.4 is 9.64 Å². The standard InChI is InChI=1S/C19H20N6O/c1-23-16-5-3-2-4-15(16)21-19(23)24-11-7-14(8-12-24)26-18-9-13-25-17(22-18)6-10-20-25/h2-6,9-10,13-14H,7-8,11-12H2,1H3. The summed E-state index contributed by atoms with van der Waals surface area (Å²) in [4.78, 5) is 11.6. The van der Waals surface area contributed by atoms with E-state index in [9.17, 15) is 0 Å². The fourth-order valence-electron chi connectivity index (χ4n) is 3.62. The van der Waals surface area contributed by atoms with E-state index in [1.54, 1.807) is 10.7 Å². The second-order valence-electron chi connectivity index (χ2n) is 6.66. The van der Waals surface area contributed by atoms with E-state index in [2.05, 4.69) is 44.8 Å². The number of piperidine rings is 1. The zero-order valence-electron chi connectivity index (χ0n) is 14.6. The third kappa shape index (κ3) is 2.56. The van der Waals surface area contributed by atoms with Crippen LogP contribution in [0.2, 0.25) is 0 Å².